The minimum absolute atomic E-state index is 0.0788. The van der Waals surface area contributed by atoms with Crippen LogP contribution in [0.2, 0.25) is 0 Å². The average Bonchev–Trinajstić information content (AvgIpc) is 2.98. The second-order valence-electron chi connectivity index (χ2n) is 4.92. The first kappa shape index (κ1) is 15.8. The fourth-order valence-electron chi connectivity index (χ4n) is 2.38. The molecular weight excluding hydrogens is 292 g/mol. The summed E-state index contributed by atoms with van der Waals surface area (Å²) in [5.41, 5.74) is 0. The molecule has 0 aliphatic carbocycles. The number of hydrogen-bond donors (Lipinski definition) is 1. The van der Waals surface area contributed by atoms with Crippen LogP contribution in [0.3, 0.4) is 0 Å². The van der Waals surface area contributed by atoms with E-state index in [0.717, 1.165) is 0 Å². The van der Waals surface area contributed by atoms with E-state index in [9.17, 15) is 13.2 Å². The fourth-order valence-corrected chi connectivity index (χ4v) is 3.88. The fraction of sp³-hybridized carbons (Fsp3) is 0.500. The minimum Gasteiger partial charge on any atom is -0.497 e. The topological polar surface area (TPSA) is 75.7 Å². The van der Waals surface area contributed by atoms with Gasteiger partial charge in [-0.2, -0.15) is 4.31 Å². The predicted octanol–water partition coefficient (Wildman–Crippen LogP) is 0.842. The van der Waals surface area contributed by atoms with Gasteiger partial charge in [0, 0.05) is 19.6 Å². The predicted molar refractivity (Wildman–Crippen MR) is 78.5 cm³/mol. The highest BCUT2D eigenvalue weighted by atomic mass is 32.2. The lowest BCUT2D eigenvalue weighted by Crippen LogP contribution is -2.34. The smallest absolute Gasteiger partial charge is 0.243 e. The Hall–Kier alpha value is -1.60. The van der Waals surface area contributed by atoms with Gasteiger partial charge in [0.2, 0.25) is 15.9 Å². The molecule has 1 aromatic carbocycles. The minimum atomic E-state index is -3.55. The van der Waals surface area contributed by atoms with E-state index >= 15 is 0 Å². The van der Waals surface area contributed by atoms with Gasteiger partial charge in [0.1, 0.15) is 5.75 Å². The van der Waals surface area contributed by atoms with E-state index in [1.165, 1.54) is 23.5 Å². The number of sulfonamides is 1. The third kappa shape index (κ3) is 3.36. The molecule has 1 N–H and O–H groups in total. The zero-order chi connectivity index (χ0) is 15.5. The SMILES string of the molecule is CCNC(=O)C1CCN(S(=O)(=O)c2ccc(OC)cc2)C1. The van der Waals surface area contributed by atoms with Gasteiger partial charge in [-0.25, -0.2) is 8.42 Å². The van der Waals surface area contributed by atoms with Crippen molar-refractivity contribution in [1.82, 2.24) is 9.62 Å². The molecule has 1 aromatic rings. The van der Waals surface area contributed by atoms with Crippen LogP contribution >= 0.6 is 0 Å². The highest BCUT2D eigenvalue weighted by Gasteiger charge is 2.35. The van der Waals surface area contributed by atoms with Crippen molar-refractivity contribution in [2.75, 3.05) is 26.7 Å². The number of ether oxygens (including phenoxy) is 1. The summed E-state index contributed by atoms with van der Waals surface area (Å²) in [6.45, 7) is 3.01. The summed E-state index contributed by atoms with van der Waals surface area (Å²) in [7, 11) is -2.02. The number of carbonyl (C=O) groups excluding carboxylic acids is 1. The highest BCUT2D eigenvalue weighted by Crippen LogP contribution is 2.25. The average molecular weight is 312 g/mol. The maximum Gasteiger partial charge on any atom is 0.243 e. The van der Waals surface area contributed by atoms with Gasteiger partial charge in [-0.3, -0.25) is 4.79 Å². The summed E-state index contributed by atoms with van der Waals surface area (Å²) in [4.78, 5) is 12.0. The second-order valence-corrected chi connectivity index (χ2v) is 6.86. The molecule has 1 unspecified atom stereocenters. The monoisotopic (exact) mass is 312 g/mol. The molecule has 2 rings (SSSR count). The molecule has 0 spiro atoms. The van der Waals surface area contributed by atoms with Gasteiger partial charge >= 0.3 is 0 Å². The largest absolute Gasteiger partial charge is 0.497 e. The molecule has 0 bridgehead atoms. The lowest BCUT2D eigenvalue weighted by Gasteiger charge is -2.16. The van der Waals surface area contributed by atoms with Crippen molar-refractivity contribution in [1.29, 1.82) is 0 Å². The first-order chi connectivity index (χ1) is 9.98. The van der Waals surface area contributed by atoms with Crippen LogP contribution in [-0.2, 0) is 14.8 Å². The van der Waals surface area contributed by atoms with E-state index in [4.69, 9.17) is 4.74 Å². The third-order valence-electron chi connectivity index (χ3n) is 3.57. The Bertz CT molecular complexity index is 598. The molecule has 0 saturated carbocycles. The number of amides is 1. The molecule has 6 nitrogen and oxygen atoms in total. The van der Waals surface area contributed by atoms with Crippen LogP contribution in [0.25, 0.3) is 0 Å². The van der Waals surface area contributed by atoms with Crippen LogP contribution in [0.15, 0.2) is 29.2 Å². The van der Waals surface area contributed by atoms with Crippen LogP contribution < -0.4 is 10.1 Å². The first-order valence-electron chi connectivity index (χ1n) is 6.91. The number of hydrogen-bond acceptors (Lipinski definition) is 4. The summed E-state index contributed by atoms with van der Waals surface area (Å²) in [6.07, 6.45) is 0.557. The Morgan fingerprint density at radius 1 is 1.38 bits per heavy atom. The lowest BCUT2D eigenvalue weighted by atomic mass is 10.1. The van der Waals surface area contributed by atoms with E-state index < -0.39 is 10.0 Å². The molecule has 1 amide bonds. The third-order valence-corrected chi connectivity index (χ3v) is 5.45. The van der Waals surface area contributed by atoms with Crippen LogP contribution in [0, 0.1) is 5.92 Å². The van der Waals surface area contributed by atoms with Crippen molar-refractivity contribution in [2.45, 2.75) is 18.2 Å². The number of methoxy groups -OCH3 is 1. The van der Waals surface area contributed by atoms with Crippen LogP contribution in [0.4, 0.5) is 0 Å². The molecule has 1 atom stereocenters. The number of rotatable bonds is 5. The zero-order valence-electron chi connectivity index (χ0n) is 12.2. The van der Waals surface area contributed by atoms with Crippen molar-refractivity contribution in [3.63, 3.8) is 0 Å². The summed E-state index contributed by atoms with van der Waals surface area (Å²) in [5.74, 6) is 0.262. The van der Waals surface area contributed by atoms with Gasteiger partial charge in [0.15, 0.2) is 0 Å². The van der Waals surface area contributed by atoms with Gasteiger partial charge in [-0.15, -0.1) is 0 Å². The Balaban J connectivity index is 2.11. The van der Waals surface area contributed by atoms with Crippen LogP contribution in [0.1, 0.15) is 13.3 Å². The second kappa shape index (κ2) is 6.44. The van der Waals surface area contributed by atoms with Crippen molar-refractivity contribution in [3.05, 3.63) is 24.3 Å². The quantitative estimate of drug-likeness (QED) is 0.874. The molecule has 1 fully saturated rings. The summed E-state index contributed by atoms with van der Waals surface area (Å²) in [6, 6.07) is 6.27. The normalized spacial score (nSPS) is 19.4. The number of benzene rings is 1. The standard InChI is InChI=1S/C14H20N2O4S/c1-3-15-14(17)11-8-9-16(10-11)21(18,19)13-6-4-12(20-2)5-7-13/h4-7,11H,3,8-10H2,1-2H3,(H,15,17). The molecule has 1 saturated heterocycles. The van der Waals surface area contributed by atoms with Gasteiger partial charge in [-0.05, 0) is 37.6 Å². The van der Waals surface area contributed by atoms with E-state index in [1.807, 2.05) is 6.92 Å². The van der Waals surface area contributed by atoms with Crippen LogP contribution in [0.5, 0.6) is 5.75 Å². The van der Waals surface area contributed by atoms with Gasteiger partial charge in [-0.1, -0.05) is 0 Å². The van der Waals surface area contributed by atoms with E-state index in [0.29, 0.717) is 25.3 Å². The summed E-state index contributed by atoms with van der Waals surface area (Å²) in [5, 5.41) is 2.74. The molecule has 0 radical (unpaired) electrons. The lowest BCUT2D eigenvalue weighted by molar-refractivity contribution is -0.124. The molecule has 1 aliphatic heterocycles. The Morgan fingerprint density at radius 3 is 2.62 bits per heavy atom. The molecule has 116 valence electrons. The summed E-state index contributed by atoms with van der Waals surface area (Å²) >= 11 is 0. The van der Waals surface area contributed by atoms with Crippen molar-refractivity contribution in [2.24, 2.45) is 5.92 Å². The van der Waals surface area contributed by atoms with Gasteiger partial charge in [0.25, 0.3) is 0 Å². The molecule has 21 heavy (non-hydrogen) atoms. The molecule has 0 aromatic heterocycles. The number of nitrogens with zero attached hydrogens (tertiary/aromatic N) is 1. The maximum absolute atomic E-state index is 12.5. The van der Waals surface area contributed by atoms with Crippen molar-refractivity contribution < 1.29 is 17.9 Å². The van der Waals surface area contributed by atoms with Crippen molar-refractivity contribution >= 4 is 15.9 Å². The molecule has 1 aliphatic rings. The maximum atomic E-state index is 12.5. The Labute approximate surface area is 125 Å². The first-order valence-corrected chi connectivity index (χ1v) is 8.35. The van der Waals surface area contributed by atoms with Crippen LogP contribution in [-0.4, -0.2) is 45.4 Å². The Kier molecular flexibility index (Phi) is 4.84. The molecule has 1 heterocycles. The molecule has 7 heteroatoms. The van der Waals surface area contributed by atoms with Gasteiger partial charge in [0.05, 0.1) is 17.9 Å². The van der Waals surface area contributed by atoms with Crippen molar-refractivity contribution in [3.8, 4) is 5.75 Å². The summed E-state index contributed by atoms with van der Waals surface area (Å²) < 4.78 is 31.4. The van der Waals surface area contributed by atoms with E-state index in [-0.39, 0.29) is 23.3 Å². The van der Waals surface area contributed by atoms with Gasteiger partial charge < -0.3 is 10.1 Å². The number of carbonyl (C=O) groups is 1. The van der Waals surface area contributed by atoms with E-state index in [1.54, 1.807) is 12.1 Å². The Morgan fingerprint density at radius 2 is 2.05 bits per heavy atom. The highest BCUT2D eigenvalue weighted by molar-refractivity contribution is 7.89. The van der Waals surface area contributed by atoms with E-state index in [2.05, 4.69) is 5.32 Å². The number of nitrogens with one attached hydrogen (secondary N) is 1. The zero-order valence-corrected chi connectivity index (χ0v) is 13.0. The molecular formula is C14H20N2O4S.